The van der Waals surface area contributed by atoms with E-state index in [9.17, 15) is 4.39 Å². The predicted molar refractivity (Wildman–Crippen MR) is 89.9 cm³/mol. The van der Waals surface area contributed by atoms with Crippen LogP contribution in [0, 0.1) is 18.2 Å². The summed E-state index contributed by atoms with van der Waals surface area (Å²) in [7, 11) is 0. The van der Waals surface area contributed by atoms with Gasteiger partial charge in [-0.2, -0.15) is 0 Å². The van der Waals surface area contributed by atoms with Crippen LogP contribution in [0.25, 0.3) is 22.4 Å². The number of hydrogen-bond donors (Lipinski definition) is 2. The van der Waals surface area contributed by atoms with E-state index in [0.29, 0.717) is 22.6 Å². The largest absolute Gasteiger partial charge is 0.397 e. The van der Waals surface area contributed by atoms with Gasteiger partial charge in [0.2, 0.25) is 0 Å². The Labute approximate surface area is 133 Å². The number of nitrogens with one attached hydrogen (secondary N) is 1. The van der Waals surface area contributed by atoms with E-state index in [1.54, 1.807) is 36.7 Å². The second-order valence-electron chi connectivity index (χ2n) is 5.23. The molecule has 3 N–H and O–H groups in total. The molecule has 2 aromatic heterocycles. The van der Waals surface area contributed by atoms with Crippen molar-refractivity contribution in [1.82, 2.24) is 9.97 Å². The van der Waals surface area contributed by atoms with Crippen LogP contribution in [-0.2, 0) is 0 Å². The Morgan fingerprint density at radius 1 is 1.13 bits per heavy atom. The van der Waals surface area contributed by atoms with Crippen LogP contribution in [0.4, 0.5) is 10.1 Å². The number of nitrogen functional groups attached to an aromatic ring is 1. The van der Waals surface area contributed by atoms with Crippen molar-refractivity contribution in [3.8, 4) is 22.4 Å². The summed E-state index contributed by atoms with van der Waals surface area (Å²) in [6.45, 7) is 1.91. The first-order valence-electron chi connectivity index (χ1n) is 7.08. The Morgan fingerprint density at radius 3 is 2.70 bits per heavy atom. The molecular weight excluding hydrogens is 291 g/mol. The van der Waals surface area contributed by atoms with Gasteiger partial charge in [0.15, 0.2) is 0 Å². The Balaban J connectivity index is 2.20. The minimum absolute atomic E-state index is 0.326. The number of hydrogen-bond acceptors (Lipinski definition) is 4. The molecule has 5 heteroatoms. The van der Waals surface area contributed by atoms with Crippen molar-refractivity contribution in [1.29, 1.82) is 5.41 Å². The molecule has 0 aliphatic rings. The SMILES string of the molecule is Cc1ccc(F)c(-c2ncccc2-c2cnc(C=N)c(N)c2)c1. The minimum Gasteiger partial charge on any atom is -0.397 e. The molecule has 0 atom stereocenters. The Morgan fingerprint density at radius 2 is 1.96 bits per heavy atom. The number of aromatic nitrogens is 2. The lowest BCUT2D eigenvalue weighted by Crippen LogP contribution is -1.98. The van der Waals surface area contributed by atoms with Gasteiger partial charge in [0.1, 0.15) is 11.5 Å². The maximum Gasteiger partial charge on any atom is 0.132 e. The monoisotopic (exact) mass is 306 g/mol. The third-order valence-electron chi connectivity index (χ3n) is 3.58. The predicted octanol–water partition coefficient (Wildman–Crippen LogP) is 3.84. The van der Waals surface area contributed by atoms with Crippen LogP contribution < -0.4 is 5.73 Å². The summed E-state index contributed by atoms with van der Waals surface area (Å²) in [5.74, 6) is -0.326. The average Bonchev–Trinajstić information content (AvgIpc) is 2.57. The highest BCUT2D eigenvalue weighted by Crippen LogP contribution is 2.32. The maximum atomic E-state index is 14.2. The number of anilines is 1. The van der Waals surface area contributed by atoms with E-state index < -0.39 is 0 Å². The highest BCUT2D eigenvalue weighted by atomic mass is 19.1. The van der Waals surface area contributed by atoms with E-state index in [2.05, 4.69) is 9.97 Å². The molecule has 2 heterocycles. The summed E-state index contributed by atoms with van der Waals surface area (Å²) in [6.07, 6.45) is 4.35. The molecule has 4 nitrogen and oxygen atoms in total. The third kappa shape index (κ3) is 2.81. The van der Waals surface area contributed by atoms with E-state index >= 15 is 0 Å². The van der Waals surface area contributed by atoms with Gasteiger partial charge in [-0.3, -0.25) is 9.97 Å². The van der Waals surface area contributed by atoms with Crippen LogP contribution in [0.15, 0.2) is 48.8 Å². The number of pyridine rings is 2. The van der Waals surface area contributed by atoms with Crippen LogP contribution in [-0.4, -0.2) is 16.2 Å². The van der Waals surface area contributed by atoms with Crippen LogP contribution >= 0.6 is 0 Å². The van der Waals surface area contributed by atoms with E-state index in [1.165, 1.54) is 6.07 Å². The van der Waals surface area contributed by atoms with Crippen molar-refractivity contribution in [3.63, 3.8) is 0 Å². The first-order valence-corrected chi connectivity index (χ1v) is 7.08. The van der Waals surface area contributed by atoms with Crippen LogP contribution in [0.1, 0.15) is 11.3 Å². The van der Waals surface area contributed by atoms with E-state index in [4.69, 9.17) is 11.1 Å². The Kier molecular flexibility index (Phi) is 3.85. The maximum absolute atomic E-state index is 14.2. The lowest BCUT2D eigenvalue weighted by atomic mass is 9.98. The Bertz CT molecular complexity index is 890. The van der Waals surface area contributed by atoms with Crippen LogP contribution in [0.5, 0.6) is 0 Å². The second kappa shape index (κ2) is 5.96. The molecule has 3 rings (SSSR count). The molecule has 3 aromatic rings. The Hall–Kier alpha value is -3.08. The molecule has 114 valence electrons. The number of rotatable bonds is 3. The molecular formula is C18H15FN4. The molecule has 0 unspecified atom stereocenters. The molecule has 0 saturated carbocycles. The van der Waals surface area contributed by atoms with Gasteiger partial charge in [0.05, 0.1) is 11.4 Å². The minimum atomic E-state index is -0.326. The summed E-state index contributed by atoms with van der Waals surface area (Å²) < 4.78 is 14.2. The van der Waals surface area contributed by atoms with E-state index in [0.717, 1.165) is 22.9 Å². The number of halogens is 1. The molecule has 0 saturated heterocycles. The summed E-state index contributed by atoms with van der Waals surface area (Å²) in [4.78, 5) is 8.50. The van der Waals surface area contributed by atoms with Crippen molar-refractivity contribution in [2.75, 3.05) is 5.73 Å². The highest BCUT2D eigenvalue weighted by molar-refractivity contribution is 5.86. The van der Waals surface area contributed by atoms with Crippen molar-refractivity contribution in [2.24, 2.45) is 0 Å². The molecule has 23 heavy (non-hydrogen) atoms. The fraction of sp³-hybridized carbons (Fsp3) is 0.0556. The first kappa shape index (κ1) is 14.8. The van der Waals surface area contributed by atoms with Gasteiger partial charge in [-0.25, -0.2) is 4.39 Å². The topological polar surface area (TPSA) is 75.7 Å². The van der Waals surface area contributed by atoms with Crippen molar-refractivity contribution in [2.45, 2.75) is 6.92 Å². The zero-order chi connectivity index (χ0) is 16.4. The normalized spacial score (nSPS) is 10.5. The summed E-state index contributed by atoms with van der Waals surface area (Å²) in [6, 6.07) is 10.3. The van der Waals surface area contributed by atoms with Gasteiger partial charge in [0.25, 0.3) is 0 Å². The van der Waals surface area contributed by atoms with E-state index in [-0.39, 0.29) is 5.82 Å². The number of nitrogens with two attached hydrogens (primary N) is 1. The fourth-order valence-electron chi connectivity index (χ4n) is 2.43. The van der Waals surface area contributed by atoms with Crippen LogP contribution in [0.3, 0.4) is 0 Å². The molecule has 0 bridgehead atoms. The lowest BCUT2D eigenvalue weighted by molar-refractivity contribution is 0.630. The van der Waals surface area contributed by atoms with Crippen molar-refractivity contribution >= 4 is 11.9 Å². The lowest BCUT2D eigenvalue weighted by Gasteiger charge is -2.11. The van der Waals surface area contributed by atoms with Crippen LogP contribution in [0.2, 0.25) is 0 Å². The van der Waals surface area contributed by atoms with Gasteiger partial charge < -0.3 is 11.1 Å². The molecule has 0 spiro atoms. The second-order valence-corrected chi connectivity index (χ2v) is 5.23. The smallest absolute Gasteiger partial charge is 0.132 e. The zero-order valence-electron chi connectivity index (χ0n) is 12.5. The van der Waals surface area contributed by atoms with Gasteiger partial charge in [-0.15, -0.1) is 0 Å². The van der Waals surface area contributed by atoms with E-state index in [1.807, 2.05) is 13.0 Å². The summed E-state index contributed by atoms with van der Waals surface area (Å²) >= 11 is 0. The number of nitrogens with zero attached hydrogens (tertiary/aromatic N) is 2. The summed E-state index contributed by atoms with van der Waals surface area (Å²) in [5, 5.41) is 7.26. The molecule has 0 aliphatic carbocycles. The molecule has 0 fully saturated rings. The zero-order valence-corrected chi connectivity index (χ0v) is 12.5. The third-order valence-corrected chi connectivity index (χ3v) is 3.58. The standard InChI is InChI=1S/C18H15FN4/c1-11-4-5-15(19)14(7-11)18-13(3-2-6-22-18)12-8-16(21)17(9-20)23-10-12/h2-10,20H,21H2,1H3. The molecule has 0 radical (unpaired) electrons. The first-order chi connectivity index (χ1) is 11.1. The van der Waals surface area contributed by atoms with Gasteiger partial charge >= 0.3 is 0 Å². The van der Waals surface area contributed by atoms with Gasteiger partial charge in [-0.1, -0.05) is 17.7 Å². The molecule has 0 aliphatic heterocycles. The highest BCUT2D eigenvalue weighted by Gasteiger charge is 2.14. The van der Waals surface area contributed by atoms with Gasteiger partial charge in [-0.05, 0) is 31.2 Å². The van der Waals surface area contributed by atoms with Crippen molar-refractivity contribution in [3.05, 3.63) is 65.9 Å². The average molecular weight is 306 g/mol. The number of benzene rings is 1. The fourth-order valence-corrected chi connectivity index (χ4v) is 2.43. The molecule has 0 amide bonds. The number of aryl methyl sites for hydroxylation is 1. The van der Waals surface area contributed by atoms with Crippen molar-refractivity contribution < 1.29 is 4.39 Å². The molecule has 1 aromatic carbocycles. The summed E-state index contributed by atoms with van der Waals surface area (Å²) in [5.41, 5.74) is 10.1. The quantitative estimate of drug-likeness (QED) is 0.722. The van der Waals surface area contributed by atoms with Gasteiger partial charge in [0, 0.05) is 35.3 Å².